The highest BCUT2D eigenvalue weighted by molar-refractivity contribution is 6.32. The quantitative estimate of drug-likeness (QED) is 0.264. The van der Waals surface area contributed by atoms with Crippen molar-refractivity contribution < 1.29 is 0 Å². The highest BCUT2D eigenvalue weighted by atomic mass is 35.5. The Balaban J connectivity index is 1.52. The summed E-state index contributed by atoms with van der Waals surface area (Å²) in [5.41, 5.74) is 6.54. The molecule has 0 saturated heterocycles. The van der Waals surface area contributed by atoms with Crippen molar-refractivity contribution in [1.82, 2.24) is 29.8 Å². The summed E-state index contributed by atoms with van der Waals surface area (Å²) in [6.45, 7) is 9.00. The second-order valence-electron chi connectivity index (χ2n) is 10.5. The Hall–Kier alpha value is -3.97. The molecule has 0 spiro atoms. The molecule has 5 rings (SSSR count). The number of aromatic nitrogens is 6. The number of nitrogens with one attached hydrogen (secondary N) is 1. The number of aromatic amines is 1. The van der Waals surface area contributed by atoms with Crippen molar-refractivity contribution in [3.8, 4) is 28.2 Å². The minimum atomic E-state index is -0.166. The van der Waals surface area contributed by atoms with Crippen molar-refractivity contribution in [2.75, 3.05) is 0 Å². The second kappa shape index (κ2) is 10.4. The van der Waals surface area contributed by atoms with E-state index in [9.17, 15) is 4.79 Å². The number of nitrogens with zero attached hydrogens (tertiary/aromatic N) is 5. The molecule has 38 heavy (non-hydrogen) atoms. The molecule has 0 fully saturated rings. The van der Waals surface area contributed by atoms with Crippen LogP contribution in [0.25, 0.3) is 28.2 Å². The molecule has 0 saturated carbocycles. The lowest BCUT2D eigenvalue weighted by Crippen LogP contribution is -2.27. The van der Waals surface area contributed by atoms with Crippen molar-refractivity contribution in [2.24, 2.45) is 0 Å². The first-order chi connectivity index (χ1) is 18.3. The fraction of sp³-hybridized carbons (Fsp3) is 0.267. The maximum atomic E-state index is 13.8. The molecule has 3 aromatic carbocycles. The third-order valence-corrected chi connectivity index (χ3v) is 7.03. The Bertz CT molecular complexity index is 1610. The molecule has 7 nitrogen and oxygen atoms in total. The zero-order valence-electron chi connectivity index (χ0n) is 22.1. The molecule has 2 heterocycles. The molecule has 0 amide bonds. The second-order valence-corrected chi connectivity index (χ2v) is 10.9. The van der Waals surface area contributed by atoms with E-state index in [1.54, 1.807) is 4.57 Å². The summed E-state index contributed by atoms with van der Waals surface area (Å²) in [6, 6.07) is 22.1. The number of benzene rings is 3. The van der Waals surface area contributed by atoms with Gasteiger partial charge in [-0.1, -0.05) is 106 Å². The largest absolute Gasteiger partial charge is 0.333 e. The number of hydrogen-bond donors (Lipinski definition) is 1. The number of hydrogen-bond acceptors (Lipinski definition) is 4. The fourth-order valence-corrected chi connectivity index (χ4v) is 5.12. The molecule has 0 unspecified atom stereocenters. The van der Waals surface area contributed by atoms with Gasteiger partial charge in [-0.3, -0.25) is 9.13 Å². The van der Waals surface area contributed by atoms with E-state index in [0.29, 0.717) is 17.4 Å². The smallest absolute Gasteiger partial charge is 0.292 e. The Kier molecular flexibility index (Phi) is 7.04. The molecule has 0 atom stereocenters. The lowest BCUT2D eigenvalue weighted by atomic mass is 9.85. The summed E-state index contributed by atoms with van der Waals surface area (Å²) in [5, 5.41) is 15.1. The van der Waals surface area contributed by atoms with Crippen LogP contribution in [0.1, 0.15) is 50.9 Å². The van der Waals surface area contributed by atoms with Gasteiger partial charge in [-0.15, -0.1) is 10.2 Å². The number of imidazole rings is 1. The number of aryl methyl sites for hydroxylation is 1. The summed E-state index contributed by atoms with van der Waals surface area (Å²) in [4.78, 5) is 13.8. The van der Waals surface area contributed by atoms with Crippen LogP contribution in [0.2, 0.25) is 5.02 Å². The Labute approximate surface area is 227 Å². The SMILES string of the molecule is CCCc1cn(-c2c(Cl)cccc2C(C)(C)C)c(=O)n1Cc1ccc(-c2ccccc2-c2nn[nH]n2)cc1. The molecule has 8 heteroatoms. The number of H-pyrrole nitrogens is 1. The van der Waals surface area contributed by atoms with Gasteiger partial charge < -0.3 is 0 Å². The number of halogens is 1. The monoisotopic (exact) mass is 526 g/mol. The van der Waals surface area contributed by atoms with E-state index >= 15 is 0 Å². The van der Waals surface area contributed by atoms with Crippen LogP contribution in [0.15, 0.2) is 77.7 Å². The van der Waals surface area contributed by atoms with Crippen LogP contribution < -0.4 is 5.69 Å². The maximum Gasteiger partial charge on any atom is 0.333 e. The van der Waals surface area contributed by atoms with Gasteiger partial charge in [0.1, 0.15) is 0 Å². The fourth-order valence-electron chi connectivity index (χ4n) is 4.86. The summed E-state index contributed by atoms with van der Waals surface area (Å²) in [6.07, 6.45) is 3.69. The number of para-hydroxylation sites is 1. The maximum absolute atomic E-state index is 13.8. The molecular weight excluding hydrogens is 496 g/mol. The van der Waals surface area contributed by atoms with Crippen LogP contribution in [-0.2, 0) is 18.4 Å². The predicted molar refractivity (Wildman–Crippen MR) is 152 cm³/mol. The molecule has 0 aliphatic carbocycles. The average molecular weight is 527 g/mol. The van der Waals surface area contributed by atoms with E-state index in [2.05, 4.69) is 78.7 Å². The van der Waals surface area contributed by atoms with Crippen LogP contribution in [0.3, 0.4) is 0 Å². The molecular formula is C30H31ClN6O. The summed E-state index contributed by atoms with van der Waals surface area (Å²) in [5.74, 6) is 0.552. The lowest BCUT2D eigenvalue weighted by Gasteiger charge is -2.23. The van der Waals surface area contributed by atoms with Gasteiger partial charge in [-0.05, 0) is 45.4 Å². The van der Waals surface area contributed by atoms with Gasteiger partial charge in [0.25, 0.3) is 0 Å². The minimum Gasteiger partial charge on any atom is -0.292 e. The lowest BCUT2D eigenvalue weighted by molar-refractivity contribution is 0.584. The van der Waals surface area contributed by atoms with E-state index in [-0.39, 0.29) is 11.1 Å². The third-order valence-electron chi connectivity index (χ3n) is 6.72. The van der Waals surface area contributed by atoms with Crippen molar-refractivity contribution in [3.63, 3.8) is 0 Å². The Morgan fingerprint density at radius 2 is 1.68 bits per heavy atom. The molecule has 5 aromatic rings. The minimum absolute atomic E-state index is 0.0846. The zero-order valence-corrected chi connectivity index (χ0v) is 22.8. The van der Waals surface area contributed by atoms with Crippen molar-refractivity contribution in [3.05, 3.63) is 105 Å². The average Bonchev–Trinajstić information content (AvgIpc) is 3.54. The zero-order chi connectivity index (χ0) is 26.9. The Morgan fingerprint density at radius 3 is 2.34 bits per heavy atom. The van der Waals surface area contributed by atoms with Crippen LogP contribution in [-0.4, -0.2) is 29.8 Å². The predicted octanol–water partition coefficient (Wildman–Crippen LogP) is 6.44. The van der Waals surface area contributed by atoms with Gasteiger partial charge in [0.15, 0.2) is 0 Å². The topological polar surface area (TPSA) is 81.4 Å². The van der Waals surface area contributed by atoms with E-state index in [1.807, 2.05) is 47.2 Å². The van der Waals surface area contributed by atoms with Gasteiger partial charge in [-0.2, -0.15) is 5.21 Å². The van der Waals surface area contributed by atoms with Crippen molar-refractivity contribution >= 4 is 11.6 Å². The molecule has 0 bridgehead atoms. The van der Waals surface area contributed by atoms with E-state index in [1.165, 1.54) is 0 Å². The first kappa shape index (κ1) is 25.7. The molecule has 0 aliphatic rings. The van der Waals surface area contributed by atoms with Gasteiger partial charge in [0.05, 0.1) is 17.3 Å². The summed E-state index contributed by atoms with van der Waals surface area (Å²) >= 11 is 6.68. The van der Waals surface area contributed by atoms with Crippen LogP contribution in [0, 0.1) is 0 Å². The van der Waals surface area contributed by atoms with Crippen LogP contribution in [0.4, 0.5) is 0 Å². The van der Waals surface area contributed by atoms with Crippen LogP contribution in [0.5, 0.6) is 0 Å². The van der Waals surface area contributed by atoms with Crippen LogP contribution >= 0.6 is 11.6 Å². The molecule has 0 radical (unpaired) electrons. The molecule has 1 N–H and O–H groups in total. The molecule has 194 valence electrons. The van der Waals surface area contributed by atoms with Gasteiger partial charge in [0.2, 0.25) is 5.82 Å². The summed E-state index contributed by atoms with van der Waals surface area (Å²) < 4.78 is 3.59. The van der Waals surface area contributed by atoms with E-state index in [4.69, 9.17) is 11.6 Å². The number of tetrazole rings is 1. The first-order valence-electron chi connectivity index (χ1n) is 12.8. The highest BCUT2D eigenvalue weighted by Crippen LogP contribution is 2.33. The normalized spacial score (nSPS) is 11.7. The van der Waals surface area contributed by atoms with Gasteiger partial charge in [0, 0.05) is 17.5 Å². The highest BCUT2D eigenvalue weighted by Gasteiger charge is 2.23. The van der Waals surface area contributed by atoms with Crippen molar-refractivity contribution in [2.45, 2.75) is 52.5 Å². The number of rotatable bonds is 7. The molecule has 0 aliphatic heterocycles. The standard InChI is InChI=1S/C30H31ClN6O/c1-5-9-22-19-37(27-25(30(2,3)4)12-8-13-26(27)31)29(38)36(22)18-20-14-16-21(17-15-20)23-10-6-7-11-24(23)28-32-34-35-33-28/h6-8,10-17,19H,5,9,18H2,1-4H3,(H,32,33,34,35). The van der Waals surface area contributed by atoms with E-state index < -0.39 is 0 Å². The third kappa shape index (κ3) is 4.94. The molecule has 2 aromatic heterocycles. The first-order valence-corrected chi connectivity index (χ1v) is 13.2. The van der Waals surface area contributed by atoms with E-state index in [0.717, 1.165) is 52.0 Å². The van der Waals surface area contributed by atoms with Crippen molar-refractivity contribution in [1.29, 1.82) is 0 Å². The van der Waals surface area contributed by atoms with Gasteiger partial charge in [-0.25, -0.2) is 4.79 Å². The van der Waals surface area contributed by atoms with Gasteiger partial charge >= 0.3 is 5.69 Å². The Morgan fingerprint density at radius 1 is 0.947 bits per heavy atom. The summed E-state index contributed by atoms with van der Waals surface area (Å²) in [7, 11) is 0.